The van der Waals surface area contributed by atoms with E-state index in [1.54, 1.807) is 0 Å². The molecule has 0 aromatic heterocycles. The molecule has 0 aliphatic rings. The van der Waals surface area contributed by atoms with Gasteiger partial charge in [-0.05, 0) is 29.8 Å². The van der Waals surface area contributed by atoms with E-state index in [1.165, 1.54) is 49.6 Å². The number of carbonyl (C=O) groups is 1. The van der Waals surface area contributed by atoms with Crippen LogP contribution in [0.25, 0.3) is 0 Å². The molecule has 0 radical (unpaired) electrons. The van der Waals surface area contributed by atoms with Gasteiger partial charge in [-0.2, -0.15) is 8.78 Å². The largest absolute Gasteiger partial charge is 0.493 e. The first-order valence-corrected chi connectivity index (χ1v) is 6.94. The van der Waals surface area contributed by atoms with Crippen LogP contribution in [0.2, 0.25) is 0 Å². The zero-order valence-electron chi connectivity index (χ0n) is 13.0. The van der Waals surface area contributed by atoms with Crippen molar-refractivity contribution in [1.29, 1.82) is 0 Å². The summed E-state index contributed by atoms with van der Waals surface area (Å²) in [4.78, 5) is 21.9. The average molecular weight is 353 g/mol. The van der Waals surface area contributed by atoms with E-state index in [2.05, 4.69) is 4.74 Å². The number of esters is 1. The summed E-state index contributed by atoms with van der Waals surface area (Å²) in [6.07, 6.45) is 0. The quantitative estimate of drug-likeness (QED) is 0.430. The Bertz CT molecular complexity index is 764. The Morgan fingerprint density at radius 2 is 1.84 bits per heavy atom. The first-order valence-electron chi connectivity index (χ1n) is 6.94. The first-order chi connectivity index (χ1) is 11.9. The predicted molar refractivity (Wildman–Crippen MR) is 81.8 cm³/mol. The zero-order valence-corrected chi connectivity index (χ0v) is 13.0. The van der Waals surface area contributed by atoms with Crippen molar-refractivity contribution < 1.29 is 32.7 Å². The Hall–Kier alpha value is -3.23. The molecular weight excluding hydrogens is 340 g/mol. The SMILES string of the molecule is COc1cc(COC(=O)c2ccc([N+](=O)[O-])cc2)ccc1OC(F)F. The third kappa shape index (κ3) is 4.87. The Morgan fingerprint density at radius 1 is 1.16 bits per heavy atom. The highest BCUT2D eigenvalue weighted by molar-refractivity contribution is 5.89. The van der Waals surface area contributed by atoms with Crippen molar-refractivity contribution in [3.63, 3.8) is 0 Å². The molecule has 2 aromatic carbocycles. The van der Waals surface area contributed by atoms with E-state index in [9.17, 15) is 23.7 Å². The highest BCUT2D eigenvalue weighted by Gasteiger charge is 2.13. The molecule has 2 rings (SSSR count). The van der Waals surface area contributed by atoms with Crippen molar-refractivity contribution in [2.45, 2.75) is 13.2 Å². The number of carbonyl (C=O) groups excluding carboxylic acids is 1. The molecule has 0 saturated carbocycles. The number of methoxy groups -OCH3 is 1. The molecule has 2 aromatic rings. The van der Waals surface area contributed by atoms with Crippen molar-refractivity contribution in [3.8, 4) is 11.5 Å². The number of nitro benzene ring substituents is 1. The lowest BCUT2D eigenvalue weighted by molar-refractivity contribution is -0.384. The lowest BCUT2D eigenvalue weighted by atomic mass is 10.2. The van der Waals surface area contributed by atoms with E-state index in [4.69, 9.17) is 9.47 Å². The number of hydrogen-bond acceptors (Lipinski definition) is 6. The van der Waals surface area contributed by atoms with Crippen LogP contribution in [-0.4, -0.2) is 24.6 Å². The van der Waals surface area contributed by atoms with Gasteiger partial charge in [-0.3, -0.25) is 10.1 Å². The maximum Gasteiger partial charge on any atom is 0.387 e. The number of non-ortho nitro benzene ring substituents is 1. The molecule has 25 heavy (non-hydrogen) atoms. The summed E-state index contributed by atoms with van der Waals surface area (Å²) < 4.78 is 38.9. The van der Waals surface area contributed by atoms with Crippen LogP contribution < -0.4 is 9.47 Å². The van der Waals surface area contributed by atoms with Crippen molar-refractivity contribution in [3.05, 3.63) is 63.7 Å². The van der Waals surface area contributed by atoms with Crippen molar-refractivity contribution >= 4 is 11.7 Å². The van der Waals surface area contributed by atoms with E-state index in [0.29, 0.717) is 5.56 Å². The minimum Gasteiger partial charge on any atom is -0.493 e. The molecule has 0 saturated heterocycles. The number of nitro groups is 1. The fourth-order valence-corrected chi connectivity index (χ4v) is 1.95. The summed E-state index contributed by atoms with van der Waals surface area (Å²) >= 11 is 0. The van der Waals surface area contributed by atoms with Gasteiger partial charge < -0.3 is 14.2 Å². The highest BCUT2D eigenvalue weighted by atomic mass is 19.3. The Kier molecular flexibility index (Phi) is 5.83. The lowest BCUT2D eigenvalue weighted by Crippen LogP contribution is -2.06. The summed E-state index contributed by atoms with van der Waals surface area (Å²) in [5.41, 5.74) is 0.500. The van der Waals surface area contributed by atoms with Gasteiger partial charge in [0.15, 0.2) is 11.5 Å². The maximum absolute atomic E-state index is 12.3. The van der Waals surface area contributed by atoms with E-state index in [-0.39, 0.29) is 29.4 Å². The van der Waals surface area contributed by atoms with Crippen LogP contribution in [0, 0.1) is 10.1 Å². The Balaban J connectivity index is 2.02. The van der Waals surface area contributed by atoms with Crippen molar-refractivity contribution in [2.75, 3.05) is 7.11 Å². The number of nitrogens with zero attached hydrogens (tertiary/aromatic N) is 1. The number of benzene rings is 2. The number of halogens is 2. The minimum atomic E-state index is -2.99. The third-order valence-corrected chi connectivity index (χ3v) is 3.13. The fourth-order valence-electron chi connectivity index (χ4n) is 1.95. The topological polar surface area (TPSA) is 87.9 Å². The Labute approximate surface area is 140 Å². The van der Waals surface area contributed by atoms with Gasteiger partial charge >= 0.3 is 12.6 Å². The summed E-state index contributed by atoms with van der Waals surface area (Å²) in [5, 5.41) is 10.6. The van der Waals surface area contributed by atoms with Crippen LogP contribution in [0.3, 0.4) is 0 Å². The molecule has 132 valence electrons. The summed E-state index contributed by atoms with van der Waals surface area (Å²) in [6, 6.07) is 9.07. The number of ether oxygens (including phenoxy) is 3. The molecule has 0 fully saturated rings. The molecule has 0 aliphatic heterocycles. The van der Waals surface area contributed by atoms with Crippen molar-refractivity contribution in [2.24, 2.45) is 0 Å². The monoisotopic (exact) mass is 353 g/mol. The molecule has 0 heterocycles. The zero-order chi connectivity index (χ0) is 18.4. The summed E-state index contributed by atoms with van der Waals surface area (Å²) in [6.45, 7) is -3.12. The average Bonchev–Trinajstić information content (AvgIpc) is 2.60. The first kappa shape index (κ1) is 18.1. The maximum atomic E-state index is 12.3. The molecular formula is C16H13F2NO6. The molecule has 0 aliphatic carbocycles. The van der Waals surface area contributed by atoms with Crippen LogP contribution in [0.5, 0.6) is 11.5 Å². The molecule has 0 bridgehead atoms. The van der Waals surface area contributed by atoms with Crippen LogP contribution >= 0.6 is 0 Å². The number of hydrogen-bond donors (Lipinski definition) is 0. The van der Waals surface area contributed by atoms with Crippen LogP contribution in [0.15, 0.2) is 42.5 Å². The van der Waals surface area contributed by atoms with Crippen LogP contribution in [-0.2, 0) is 11.3 Å². The standard InChI is InChI=1S/C16H13F2NO6/c1-23-14-8-10(2-7-13(14)25-16(17)18)9-24-15(20)11-3-5-12(6-4-11)19(21)22/h2-8,16H,9H2,1H3. The van der Waals surface area contributed by atoms with Gasteiger partial charge in [-0.25, -0.2) is 4.79 Å². The van der Waals surface area contributed by atoms with E-state index < -0.39 is 17.5 Å². The molecule has 0 atom stereocenters. The van der Waals surface area contributed by atoms with Gasteiger partial charge in [0.1, 0.15) is 6.61 Å². The summed E-state index contributed by atoms with van der Waals surface area (Å²) in [5.74, 6) is -0.742. The smallest absolute Gasteiger partial charge is 0.387 e. The van der Waals surface area contributed by atoms with Gasteiger partial charge in [-0.15, -0.1) is 0 Å². The van der Waals surface area contributed by atoms with Gasteiger partial charge in [0, 0.05) is 12.1 Å². The second kappa shape index (κ2) is 8.04. The van der Waals surface area contributed by atoms with Gasteiger partial charge in [0.2, 0.25) is 0 Å². The van der Waals surface area contributed by atoms with Crippen molar-refractivity contribution in [1.82, 2.24) is 0 Å². The van der Waals surface area contributed by atoms with E-state index in [1.807, 2.05) is 0 Å². The van der Waals surface area contributed by atoms with Crippen LogP contribution in [0.4, 0.5) is 14.5 Å². The number of alkyl halides is 2. The van der Waals surface area contributed by atoms with E-state index >= 15 is 0 Å². The van der Waals surface area contributed by atoms with Gasteiger partial charge in [-0.1, -0.05) is 6.07 Å². The lowest BCUT2D eigenvalue weighted by Gasteiger charge is -2.11. The fraction of sp³-hybridized carbons (Fsp3) is 0.188. The molecule has 0 amide bonds. The minimum absolute atomic E-state index is 0.0733. The number of rotatable bonds is 7. The molecule has 0 unspecified atom stereocenters. The Morgan fingerprint density at radius 3 is 2.40 bits per heavy atom. The van der Waals surface area contributed by atoms with Gasteiger partial charge in [0.25, 0.3) is 5.69 Å². The predicted octanol–water partition coefficient (Wildman–Crippen LogP) is 3.56. The highest BCUT2D eigenvalue weighted by Crippen LogP contribution is 2.29. The second-order valence-corrected chi connectivity index (χ2v) is 4.74. The van der Waals surface area contributed by atoms with E-state index in [0.717, 1.165) is 0 Å². The summed E-state index contributed by atoms with van der Waals surface area (Å²) in [7, 11) is 1.29. The second-order valence-electron chi connectivity index (χ2n) is 4.74. The van der Waals surface area contributed by atoms with Crippen LogP contribution in [0.1, 0.15) is 15.9 Å². The third-order valence-electron chi connectivity index (χ3n) is 3.13. The molecule has 0 N–H and O–H groups in total. The normalized spacial score (nSPS) is 10.4. The van der Waals surface area contributed by atoms with Gasteiger partial charge in [0.05, 0.1) is 17.6 Å². The molecule has 7 nitrogen and oxygen atoms in total. The molecule has 9 heteroatoms. The molecule has 0 spiro atoms.